The van der Waals surface area contributed by atoms with E-state index in [4.69, 9.17) is 4.74 Å². The van der Waals surface area contributed by atoms with Crippen LogP contribution >= 0.6 is 11.3 Å². The molecule has 1 aromatic heterocycles. The summed E-state index contributed by atoms with van der Waals surface area (Å²) in [5.41, 5.74) is 1.04. The first-order valence-electron chi connectivity index (χ1n) is 9.28. The zero-order valence-electron chi connectivity index (χ0n) is 14.7. The van der Waals surface area contributed by atoms with Crippen LogP contribution in [-0.2, 0) is 6.61 Å². The molecule has 0 saturated heterocycles. The van der Waals surface area contributed by atoms with Crippen LogP contribution in [0.2, 0.25) is 0 Å². The Hall–Kier alpha value is -2.33. The summed E-state index contributed by atoms with van der Waals surface area (Å²) < 4.78 is 5.92. The number of carbonyl (C=O) groups is 1. The maximum Gasteiger partial charge on any atom is 0.261 e. The van der Waals surface area contributed by atoms with Crippen LogP contribution in [0.5, 0.6) is 5.75 Å². The molecule has 0 atom stereocenters. The van der Waals surface area contributed by atoms with E-state index in [9.17, 15) is 4.79 Å². The molecule has 1 heterocycles. The summed E-state index contributed by atoms with van der Waals surface area (Å²) in [5, 5.41) is 7.56. The van der Waals surface area contributed by atoms with Gasteiger partial charge in [0.25, 0.3) is 5.91 Å². The van der Waals surface area contributed by atoms with E-state index >= 15 is 0 Å². The van der Waals surface area contributed by atoms with E-state index in [1.54, 1.807) is 0 Å². The average Bonchev–Trinajstić information content (AvgIpc) is 3.16. The summed E-state index contributed by atoms with van der Waals surface area (Å²) in [5.74, 6) is 0.905. The Bertz CT molecular complexity index is 896. The van der Waals surface area contributed by atoms with Crippen LogP contribution in [0.1, 0.15) is 47.3 Å². The van der Waals surface area contributed by atoms with Gasteiger partial charge in [0.15, 0.2) is 0 Å². The smallest absolute Gasteiger partial charge is 0.261 e. The van der Waals surface area contributed by atoms with Crippen molar-refractivity contribution in [2.45, 2.75) is 44.8 Å². The summed E-state index contributed by atoms with van der Waals surface area (Å²) in [6.45, 7) is 0.478. The van der Waals surface area contributed by atoms with E-state index in [0.717, 1.165) is 29.0 Å². The van der Waals surface area contributed by atoms with E-state index in [1.807, 2.05) is 29.6 Å². The van der Waals surface area contributed by atoms with E-state index in [-0.39, 0.29) is 5.91 Å². The quantitative estimate of drug-likeness (QED) is 0.644. The van der Waals surface area contributed by atoms with Crippen molar-refractivity contribution in [1.29, 1.82) is 0 Å². The summed E-state index contributed by atoms with van der Waals surface area (Å²) in [6.07, 6.45) is 5.95. The third-order valence-electron chi connectivity index (χ3n) is 4.94. The van der Waals surface area contributed by atoms with Gasteiger partial charge in [-0.2, -0.15) is 0 Å². The predicted molar refractivity (Wildman–Crippen MR) is 107 cm³/mol. The number of nitrogens with one attached hydrogen (secondary N) is 1. The van der Waals surface area contributed by atoms with Crippen LogP contribution in [0.3, 0.4) is 0 Å². The lowest BCUT2D eigenvalue weighted by Crippen LogP contribution is -2.35. The fourth-order valence-corrected chi connectivity index (χ4v) is 4.30. The Balaban J connectivity index is 1.35. The maximum absolute atomic E-state index is 12.4. The predicted octanol–water partition coefficient (Wildman–Crippen LogP) is 5.54. The zero-order valence-corrected chi connectivity index (χ0v) is 15.6. The molecule has 4 rings (SSSR count). The van der Waals surface area contributed by atoms with Gasteiger partial charge in [-0.25, -0.2) is 0 Å². The molecule has 0 aliphatic heterocycles. The van der Waals surface area contributed by atoms with Gasteiger partial charge in [-0.3, -0.25) is 4.79 Å². The Morgan fingerprint density at radius 3 is 2.69 bits per heavy atom. The molecule has 1 N–H and O–H groups in total. The summed E-state index contributed by atoms with van der Waals surface area (Å²) in [6, 6.07) is 16.6. The second-order valence-corrected chi connectivity index (χ2v) is 7.84. The van der Waals surface area contributed by atoms with Crippen molar-refractivity contribution in [3.8, 4) is 5.75 Å². The zero-order chi connectivity index (χ0) is 17.8. The van der Waals surface area contributed by atoms with E-state index < -0.39 is 0 Å². The normalized spacial score (nSPS) is 15.1. The van der Waals surface area contributed by atoms with Gasteiger partial charge in [0.1, 0.15) is 12.4 Å². The van der Waals surface area contributed by atoms with Gasteiger partial charge in [-0.15, -0.1) is 11.3 Å². The van der Waals surface area contributed by atoms with Gasteiger partial charge in [0, 0.05) is 11.6 Å². The SMILES string of the molecule is O=C(NC1CCCCC1)c1cc(COc2ccc3ccccc3c2)cs1. The van der Waals surface area contributed by atoms with Crippen LogP contribution in [0.4, 0.5) is 0 Å². The average molecular weight is 365 g/mol. The van der Waals surface area contributed by atoms with Crippen molar-refractivity contribution < 1.29 is 9.53 Å². The standard InChI is InChI=1S/C22H23NO2S/c24-22(23-19-8-2-1-3-9-19)21-12-16(15-26-21)14-25-20-11-10-17-6-4-5-7-18(17)13-20/h4-7,10-13,15,19H,1-3,8-9,14H2,(H,23,24). The number of benzene rings is 2. The molecule has 0 unspecified atom stereocenters. The van der Waals surface area contributed by atoms with Crippen LogP contribution in [0.15, 0.2) is 53.9 Å². The highest BCUT2D eigenvalue weighted by Gasteiger charge is 2.17. The van der Waals surface area contributed by atoms with Crippen molar-refractivity contribution >= 4 is 28.0 Å². The van der Waals surface area contributed by atoms with E-state index in [1.165, 1.54) is 41.4 Å². The molecule has 1 aliphatic rings. The number of carbonyl (C=O) groups excluding carboxylic acids is 1. The molecular formula is C22H23NO2S. The Morgan fingerprint density at radius 2 is 1.85 bits per heavy atom. The van der Waals surface area contributed by atoms with Gasteiger partial charge < -0.3 is 10.1 Å². The molecule has 1 aliphatic carbocycles. The number of hydrogen-bond donors (Lipinski definition) is 1. The molecule has 0 bridgehead atoms. The molecule has 0 radical (unpaired) electrons. The molecule has 3 aromatic rings. The number of thiophene rings is 1. The maximum atomic E-state index is 12.4. The first-order valence-corrected chi connectivity index (χ1v) is 10.2. The van der Waals surface area contributed by atoms with Crippen LogP contribution in [0, 0.1) is 0 Å². The number of ether oxygens (including phenoxy) is 1. The molecule has 3 nitrogen and oxygen atoms in total. The Morgan fingerprint density at radius 1 is 1.04 bits per heavy atom. The van der Waals surface area contributed by atoms with Gasteiger partial charge >= 0.3 is 0 Å². The minimum atomic E-state index is 0.0545. The molecule has 134 valence electrons. The summed E-state index contributed by atoms with van der Waals surface area (Å²) >= 11 is 1.49. The topological polar surface area (TPSA) is 38.3 Å². The van der Waals surface area contributed by atoms with Crippen LogP contribution < -0.4 is 10.1 Å². The fourth-order valence-electron chi connectivity index (χ4n) is 3.50. The van der Waals surface area contributed by atoms with Gasteiger partial charge in [0.05, 0.1) is 4.88 Å². The monoisotopic (exact) mass is 365 g/mol. The highest BCUT2D eigenvalue weighted by atomic mass is 32.1. The van der Waals surface area contributed by atoms with Crippen LogP contribution in [-0.4, -0.2) is 11.9 Å². The van der Waals surface area contributed by atoms with Crippen molar-refractivity contribution in [3.05, 3.63) is 64.4 Å². The first kappa shape index (κ1) is 17.1. The number of hydrogen-bond acceptors (Lipinski definition) is 3. The molecule has 1 saturated carbocycles. The molecule has 1 amide bonds. The third kappa shape index (κ3) is 4.07. The third-order valence-corrected chi connectivity index (χ3v) is 5.92. The molecular weight excluding hydrogens is 342 g/mol. The minimum absolute atomic E-state index is 0.0545. The van der Waals surface area contributed by atoms with Crippen molar-refractivity contribution in [1.82, 2.24) is 5.32 Å². The van der Waals surface area contributed by atoms with Gasteiger partial charge in [0.2, 0.25) is 0 Å². The van der Waals surface area contributed by atoms with Gasteiger partial charge in [-0.05, 0) is 47.2 Å². The lowest BCUT2D eigenvalue weighted by atomic mass is 9.95. The van der Waals surface area contributed by atoms with E-state index in [2.05, 4.69) is 29.6 Å². The number of amides is 1. The highest BCUT2D eigenvalue weighted by molar-refractivity contribution is 7.12. The number of fused-ring (bicyclic) bond motifs is 1. The molecule has 26 heavy (non-hydrogen) atoms. The number of rotatable bonds is 5. The molecule has 2 aromatic carbocycles. The lowest BCUT2D eigenvalue weighted by molar-refractivity contribution is 0.0932. The molecule has 1 fully saturated rings. The van der Waals surface area contributed by atoms with Crippen molar-refractivity contribution in [3.63, 3.8) is 0 Å². The largest absolute Gasteiger partial charge is 0.489 e. The van der Waals surface area contributed by atoms with Crippen molar-refractivity contribution in [2.24, 2.45) is 0 Å². The second-order valence-electron chi connectivity index (χ2n) is 6.93. The fraction of sp³-hybridized carbons (Fsp3) is 0.318. The Labute approximate surface area is 158 Å². The van der Waals surface area contributed by atoms with Crippen molar-refractivity contribution in [2.75, 3.05) is 0 Å². The minimum Gasteiger partial charge on any atom is -0.489 e. The molecule has 4 heteroatoms. The summed E-state index contributed by atoms with van der Waals surface area (Å²) in [7, 11) is 0. The lowest BCUT2D eigenvalue weighted by Gasteiger charge is -2.22. The first-order chi connectivity index (χ1) is 12.8. The molecule has 0 spiro atoms. The summed E-state index contributed by atoms with van der Waals surface area (Å²) in [4.78, 5) is 13.2. The second kappa shape index (κ2) is 7.92. The van der Waals surface area contributed by atoms with Gasteiger partial charge in [-0.1, -0.05) is 49.6 Å². The van der Waals surface area contributed by atoms with E-state index in [0.29, 0.717) is 12.6 Å². The Kier molecular flexibility index (Phi) is 5.21. The highest BCUT2D eigenvalue weighted by Crippen LogP contribution is 2.23. The van der Waals surface area contributed by atoms with Crippen LogP contribution in [0.25, 0.3) is 10.8 Å².